The Labute approximate surface area is 389 Å². The second-order valence-electron chi connectivity index (χ2n) is 17.6. The summed E-state index contributed by atoms with van der Waals surface area (Å²) < 4.78 is 6.88. The van der Waals surface area contributed by atoms with E-state index in [-0.39, 0.29) is 0 Å². The first-order valence-corrected chi connectivity index (χ1v) is 23.1. The Morgan fingerprint density at radius 3 is 1.36 bits per heavy atom. The molecule has 0 saturated heterocycles. The zero-order valence-electron chi connectivity index (χ0n) is 36.7. The highest BCUT2D eigenvalue weighted by Crippen LogP contribution is 2.48. The van der Waals surface area contributed by atoms with Crippen LogP contribution in [0.2, 0.25) is 0 Å². The van der Waals surface area contributed by atoms with Crippen molar-refractivity contribution in [3.8, 4) is 77.9 Å². The van der Waals surface area contributed by atoms with Crippen LogP contribution in [-0.4, -0.2) is 0 Å². The van der Waals surface area contributed by atoms with Crippen molar-refractivity contribution in [3.05, 3.63) is 255 Å². The van der Waals surface area contributed by atoms with Crippen molar-refractivity contribution in [2.45, 2.75) is 0 Å². The molecule has 0 aliphatic rings. The van der Waals surface area contributed by atoms with Gasteiger partial charge in [0.15, 0.2) is 0 Å². The van der Waals surface area contributed by atoms with Crippen molar-refractivity contribution in [2.75, 3.05) is 0 Å². The van der Waals surface area contributed by atoms with Gasteiger partial charge in [-0.2, -0.15) is 0 Å². The maximum Gasteiger partial charge on any atom is 0.143 e. The van der Waals surface area contributed by atoms with Crippen LogP contribution >= 0.6 is 0 Å². The topological polar surface area (TPSA) is 13.1 Å². The zero-order valence-corrected chi connectivity index (χ0v) is 36.7. The molecule has 0 unspecified atom stereocenters. The molecule has 67 heavy (non-hydrogen) atoms. The minimum Gasteiger partial charge on any atom is -0.455 e. The molecule has 1 heterocycles. The smallest absolute Gasteiger partial charge is 0.143 e. The van der Waals surface area contributed by atoms with Crippen molar-refractivity contribution >= 4 is 54.3 Å². The predicted molar refractivity (Wildman–Crippen MR) is 284 cm³/mol. The predicted octanol–water partition coefficient (Wildman–Crippen LogP) is 18.7. The number of hydrogen-bond acceptors (Lipinski definition) is 1. The van der Waals surface area contributed by atoms with Gasteiger partial charge in [0, 0.05) is 16.3 Å². The fourth-order valence-corrected chi connectivity index (χ4v) is 10.3. The van der Waals surface area contributed by atoms with Crippen LogP contribution < -0.4 is 0 Å². The molecule has 1 heteroatoms. The molecule has 13 rings (SSSR count). The molecule has 13 aromatic rings. The van der Waals surface area contributed by atoms with E-state index in [0.717, 1.165) is 38.6 Å². The number of para-hydroxylation sites is 1. The summed E-state index contributed by atoms with van der Waals surface area (Å²) in [4.78, 5) is 0. The Balaban J connectivity index is 1.08. The zero-order chi connectivity index (χ0) is 44.3. The molecule has 0 amide bonds. The first-order chi connectivity index (χ1) is 33.2. The minimum atomic E-state index is 0.887. The molecule has 0 aliphatic carbocycles. The van der Waals surface area contributed by atoms with Crippen molar-refractivity contribution in [3.63, 3.8) is 0 Å². The summed E-state index contributed by atoms with van der Waals surface area (Å²) in [7, 11) is 0. The maximum absolute atomic E-state index is 6.88. The second-order valence-corrected chi connectivity index (χ2v) is 17.6. The van der Waals surface area contributed by atoms with Crippen molar-refractivity contribution in [1.82, 2.24) is 0 Å². The fraction of sp³-hybridized carbons (Fsp3) is 0. The summed E-state index contributed by atoms with van der Waals surface area (Å²) >= 11 is 0. The highest BCUT2D eigenvalue weighted by molar-refractivity contribution is 6.23. The van der Waals surface area contributed by atoms with Gasteiger partial charge in [0.05, 0.1) is 0 Å². The van der Waals surface area contributed by atoms with Crippen LogP contribution in [0.15, 0.2) is 259 Å². The molecule has 0 atom stereocenters. The fourth-order valence-electron chi connectivity index (χ4n) is 10.3. The number of furan rings is 1. The van der Waals surface area contributed by atoms with Crippen LogP contribution in [0, 0.1) is 0 Å². The van der Waals surface area contributed by atoms with E-state index in [1.165, 1.54) is 93.5 Å². The standard InChI is InChI=1S/C66H42O/c1-4-14-43(15-5-1)47-26-29-48(30-27-47)64-58-36-33-52(51-31-28-46-20-10-11-21-49(46)38-51)40-61(58)65(55-23-12-22-50(39-55)44-16-6-2-7-17-44)59-37-34-54(41-62(59)64)56-24-13-25-60-57-35-32-53(42-63(57)67-66(56)60)45-18-8-3-9-19-45/h1-42H. The highest BCUT2D eigenvalue weighted by atomic mass is 16.3. The van der Waals surface area contributed by atoms with Gasteiger partial charge in [0.2, 0.25) is 0 Å². The molecular formula is C66H42O. The molecule has 0 radical (unpaired) electrons. The van der Waals surface area contributed by atoms with E-state index < -0.39 is 0 Å². The summed E-state index contributed by atoms with van der Waals surface area (Å²) in [6.45, 7) is 0. The Morgan fingerprint density at radius 2 is 0.657 bits per heavy atom. The van der Waals surface area contributed by atoms with Crippen LogP contribution in [0.4, 0.5) is 0 Å². The van der Waals surface area contributed by atoms with Crippen molar-refractivity contribution in [2.24, 2.45) is 0 Å². The molecule has 1 nitrogen and oxygen atoms in total. The molecule has 1 aromatic heterocycles. The SMILES string of the molecule is c1ccc(-c2ccc(-c3c4ccc(-c5ccc6ccccc6c5)cc4c(-c4cccc(-c5ccccc5)c4)c4ccc(-c5cccc6c5oc5cc(-c7ccccc7)ccc56)cc34)cc2)cc1. The summed E-state index contributed by atoms with van der Waals surface area (Å²) in [5.74, 6) is 0. The van der Waals surface area contributed by atoms with Gasteiger partial charge in [-0.1, -0.05) is 218 Å². The first-order valence-electron chi connectivity index (χ1n) is 23.1. The van der Waals surface area contributed by atoms with E-state index in [4.69, 9.17) is 4.42 Å². The Kier molecular flexibility index (Phi) is 9.25. The Morgan fingerprint density at radius 1 is 0.209 bits per heavy atom. The molecule has 0 spiro atoms. The molecule has 0 saturated carbocycles. The van der Waals surface area contributed by atoms with Gasteiger partial charge in [-0.05, 0) is 141 Å². The average molecular weight is 851 g/mol. The normalized spacial score (nSPS) is 11.6. The molecule has 312 valence electrons. The minimum absolute atomic E-state index is 0.887. The lowest BCUT2D eigenvalue weighted by Gasteiger charge is -2.20. The van der Waals surface area contributed by atoms with E-state index in [0.29, 0.717) is 0 Å². The third-order valence-corrected chi connectivity index (χ3v) is 13.7. The van der Waals surface area contributed by atoms with Gasteiger partial charge in [-0.15, -0.1) is 0 Å². The highest BCUT2D eigenvalue weighted by Gasteiger charge is 2.21. The Bertz CT molecular complexity index is 3990. The van der Waals surface area contributed by atoms with Gasteiger partial charge < -0.3 is 4.42 Å². The maximum atomic E-state index is 6.88. The van der Waals surface area contributed by atoms with E-state index in [2.05, 4.69) is 255 Å². The molecule has 0 bridgehead atoms. The van der Waals surface area contributed by atoms with Gasteiger partial charge in [-0.25, -0.2) is 0 Å². The quantitative estimate of drug-likeness (QED) is 0.146. The van der Waals surface area contributed by atoms with E-state index in [1.807, 2.05) is 0 Å². The monoisotopic (exact) mass is 850 g/mol. The molecule has 0 aliphatic heterocycles. The van der Waals surface area contributed by atoms with Crippen LogP contribution in [0.1, 0.15) is 0 Å². The lowest BCUT2D eigenvalue weighted by Crippen LogP contribution is -1.93. The Hall–Kier alpha value is -8.78. The van der Waals surface area contributed by atoms with E-state index in [9.17, 15) is 0 Å². The summed E-state index contributed by atoms with van der Waals surface area (Å²) in [5, 5.41) is 9.51. The van der Waals surface area contributed by atoms with Gasteiger partial charge in [0.25, 0.3) is 0 Å². The number of hydrogen-bond donors (Lipinski definition) is 0. The third-order valence-electron chi connectivity index (χ3n) is 13.7. The molecule has 0 N–H and O–H groups in total. The summed E-state index contributed by atoms with van der Waals surface area (Å²) in [6, 6.07) is 92.9. The van der Waals surface area contributed by atoms with Gasteiger partial charge in [-0.3, -0.25) is 0 Å². The molecular weight excluding hydrogens is 809 g/mol. The van der Waals surface area contributed by atoms with Crippen LogP contribution in [0.5, 0.6) is 0 Å². The van der Waals surface area contributed by atoms with E-state index in [1.54, 1.807) is 0 Å². The largest absolute Gasteiger partial charge is 0.455 e. The van der Waals surface area contributed by atoms with Gasteiger partial charge in [0.1, 0.15) is 11.2 Å². The molecule has 12 aromatic carbocycles. The van der Waals surface area contributed by atoms with Crippen LogP contribution in [-0.2, 0) is 0 Å². The van der Waals surface area contributed by atoms with Crippen LogP contribution in [0.25, 0.3) is 132 Å². The number of benzene rings is 12. The van der Waals surface area contributed by atoms with Crippen molar-refractivity contribution < 1.29 is 4.42 Å². The average Bonchev–Trinajstić information content (AvgIpc) is 3.79. The number of fused-ring (bicyclic) bond motifs is 6. The number of rotatable bonds is 7. The third kappa shape index (κ3) is 6.80. The molecule has 0 fully saturated rings. The second kappa shape index (κ2) is 16.0. The summed E-state index contributed by atoms with van der Waals surface area (Å²) in [5.41, 5.74) is 18.2. The van der Waals surface area contributed by atoms with Crippen molar-refractivity contribution in [1.29, 1.82) is 0 Å². The lowest BCUT2D eigenvalue weighted by molar-refractivity contribution is 0.670. The van der Waals surface area contributed by atoms with Crippen LogP contribution in [0.3, 0.4) is 0 Å². The van der Waals surface area contributed by atoms with E-state index >= 15 is 0 Å². The lowest BCUT2D eigenvalue weighted by atomic mass is 9.83. The first kappa shape index (κ1) is 38.7. The van der Waals surface area contributed by atoms with Gasteiger partial charge >= 0.3 is 0 Å². The summed E-state index contributed by atoms with van der Waals surface area (Å²) in [6.07, 6.45) is 0.